The Balaban J connectivity index is 1.50. The average molecular weight is 377 g/mol. The molecule has 0 N–H and O–H groups in total. The Kier molecular flexibility index (Phi) is 5.40. The number of rotatable bonds is 7. The van der Waals surface area contributed by atoms with Crippen LogP contribution in [0.15, 0.2) is 78.9 Å². The summed E-state index contributed by atoms with van der Waals surface area (Å²) in [5.74, 6) is 1.98. The van der Waals surface area contributed by atoms with E-state index < -0.39 is 0 Å². The van der Waals surface area contributed by atoms with Crippen molar-refractivity contribution < 1.29 is 4.74 Å². The molecule has 0 spiro atoms. The summed E-state index contributed by atoms with van der Waals surface area (Å²) >= 11 is 6.01. The lowest BCUT2D eigenvalue weighted by Gasteiger charge is -2.11. The second-order valence-electron chi connectivity index (χ2n) is 6.49. The van der Waals surface area contributed by atoms with Crippen molar-refractivity contribution in [3.8, 4) is 5.75 Å². The van der Waals surface area contributed by atoms with Crippen LogP contribution in [-0.2, 0) is 13.0 Å². The van der Waals surface area contributed by atoms with Gasteiger partial charge in [0.1, 0.15) is 11.6 Å². The molecule has 0 aliphatic rings. The fourth-order valence-corrected chi connectivity index (χ4v) is 3.35. The number of imidazole rings is 1. The van der Waals surface area contributed by atoms with E-state index in [1.807, 2.05) is 48.5 Å². The molecular weight excluding hydrogens is 356 g/mol. The molecule has 136 valence electrons. The molecule has 0 fully saturated rings. The molecule has 4 heteroatoms. The molecule has 0 amide bonds. The van der Waals surface area contributed by atoms with Crippen LogP contribution in [0.25, 0.3) is 11.0 Å². The number of aromatic nitrogens is 2. The lowest BCUT2D eigenvalue weighted by Crippen LogP contribution is -2.08. The van der Waals surface area contributed by atoms with Crippen LogP contribution >= 0.6 is 11.6 Å². The first kappa shape index (κ1) is 17.6. The summed E-state index contributed by atoms with van der Waals surface area (Å²) in [6.45, 7) is 1.55. The fourth-order valence-electron chi connectivity index (χ4n) is 3.22. The van der Waals surface area contributed by atoms with Crippen molar-refractivity contribution in [2.45, 2.75) is 19.4 Å². The highest BCUT2D eigenvalue weighted by Gasteiger charge is 2.11. The van der Waals surface area contributed by atoms with E-state index in [1.165, 1.54) is 11.1 Å². The van der Waals surface area contributed by atoms with E-state index in [-0.39, 0.29) is 0 Å². The summed E-state index contributed by atoms with van der Waals surface area (Å²) in [5.41, 5.74) is 3.41. The number of para-hydroxylation sites is 3. The zero-order chi connectivity index (χ0) is 18.5. The molecule has 0 atom stereocenters. The minimum atomic E-state index is 0.677. The summed E-state index contributed by atoms with van der Waals surface area (Å²) in [6.07, 6.45) is 1.70. The first-order chi connectivity index (χ1) is 13.3. The van der Waals surface area contributed by atoms with Crippen LogP contribution in [0, 0.1) is 0 Å². The van der Waals surface area contributed by atoms with Gasteiger partial charge in [-0.25, -0.2) is 4.98 Å². The first-order valence-electron chi connectivity index (χ1n) is 9.16. The first-order valence-corrected chi connectivity index (χ1v) is 9.54. The zero-order valence-electron chi connectivity index (χ0n) is 15.0. The predicted octanol–water partition coefficient (Wildman–Crippen LogP) is 5.75. The van der Waals surface area contributed by atoms with Gasteiger partial charge in [-0.15, -0.1) is 0 Å². The van der Waals surface area contributed by atoms with Crippen molar-refractivity contribution in [2.75, 3.05) is 6.61 Å². The largest absolute Gasteiger partial charge is 0.494 e. The van der Waals surface area contributed by atoms with Gasteiger partial charge in [0.2, 0.25) is 0 Å². The maximum Gasteiger partial charge on any atom is 0.119 e. The van der Waals surface area contributed by atoms with Crippen molar-refractivity contribution in [2.24, 2.45) is 0 Å². The van der Waals surface area contributed by atoms with Crippen molar-refractivity contribution in [3.63, 3.8) is 0 Å². The van der Waals surface area contributed by atoms with Gasteiger partial charge in [-0.05, 0) is 48.4 Å². The third-order valence-corrected chi connectivity index (χ3v) is 4.80. The summed E-state index contributed by atoms with van der Waals surface area (Å²) in [4.78, 5) is 4.86. The molecule has 0 radical (unpaired) electrons. The second kappa shape index (κ2) is 8.28. The summed E-state index contributed by atoms with van der Waals surface area (Å²) in [6, 6.07) is 26.2. The Bertz CT molecular complexity index is 1010. The van der Waals surface area contributed by atoms with E-state index in [4.69, 9.17) is 21.3 Å². The fraction of sp³-hybridized carbons (Fsp3) is 0.174. The van der Waals surface area contributed by atoms with Gasteiger partial charge in [-0.1, -0.05) is 54.1 Å². The van der Waals surface area contributed by atoms with Gasteiger partial charge in [0, 0.05) is 18.0 Å². The molecule has 4 rings (SSSR count). The minimum Gasteiger partial charge on any atom is -0.494 e. The minimum absolute atomic E-state index is 0.677. The van der Waals surface area contributed by atoms with Gasteiger partial charge in [-0.2, -0.15) is 0 Å². The maximum absolute atomic E-state index is 6.01. The number of hydrogen-bond donors (Lipinski definition) is 0. The molecule has 4 aromatic rings. The smallest absolute Gasteiger partial charge is 0.119 e. The van der Waals surface area contributed by atoms with Gasteiger partial charge in [0.15, 0.2) is 0 Å². The number of hydrogen-bond acceptors (Lipinski definition) is 2. The molecule has 3 nitrogen and oxygen atoms in total. The van der Waals surface area contributed by atoms with Crippen LogP contribution in [0.4, 0.5) is 0 Å². The number of ether oxygens (including phenoxy) is 1. The predicted molar refractivity (Wildman–Crippen MR) is 111 cm³/mol. The highest BCUT2D eigenvalue weighted by Crippen LogP contribution is 2.20. The summed E-state index contributed by atoms with van der Waals surface area (Å²) in [5, 5.41) is 0.755. The molecule has 0 unspecified atom stereocenters. The Labute approximate surface area is 164 Å². The van der Waals surface area contributed by atoms with Crippen LogP contribution in [0.3, 0.4) is 0 Å². The lowest BCUT2D eigenvalue weighted by atomic mass is 10.1. The Morgan fingerprint density at radius 2 is 1.59 bits per heavy atom. The second-order valence-corrected chi connectivity index (χ2v) is 6.92. The van der Waals surface area contributed by atoms with E-state index in [1.54, 1.807) is 0 Å². The number of aryl methyl sites for hydroxylation is 1. The van der Waals surface area contributed by atoms with Crippen molar-refractivity contribution in [1.82, 2.24) is 9.55 Å². The Morgan fingerprint density at radius 3 is 2.41 bits per heavy atom. The maximum atomic E-state index is 6.01. The molecular formula is C23H21ClN2O. The standard InChI is InChI=1S/C23H21ClN2O/c24-19-13-11-18(12-14-19)17-23-25-21-9-4-5-10-22(21)26(23)15-6-16-27-20-7-2-1-3-8-20/h1-5,7-14H,6,15-17H2. The van der Waals surface area contributed by atoms with Gasteiger partial charge in [-0.3, -0.25) is 0 Å². The lowest BCUT2D eigenvalue weighted by molar-refractivity contribution is 0.302. The van der Waals surface area contributed by atoms with E-state index in [0.29, 0.717) is 6.61 Å². The molecule has 0 bridgehead atoms. The molecule has 0 saturated heterocycles. The van der Waals surface area contributed by atoms with Crippen LogP contribution < -0.4 is 4.74 Å². The SMILES string of the molecule is Clc1ccc(Cc2nc3ccccc3n2CCCOc2ccccc2)cc1. The monoisotopic (exact) mass is 376 g/mol. The topological polar surface area (TPSA) is 27.1 Å². The molecule has 27 heavy (non-hydrogen) atoms. The van der Waals surface area contributed by atoms with E-state index in [9.17, 15) is 0 Å². The third-order valence-electron chi connectivity index (χ3n) is 4.55. The number of halogens is 1. The normalized spacial score (nSPS) is 11.0. The van der Waals surface area contributed by atoms with Crippen LogP contribution in [0.5, 0.6) is 5.75 Å². The molecule has 1 heterocycles. The zero-order valence-corrected chi connectivity index (χ0v) is 15.8. The van der Waals surface area contributed by atoms with Crippen LogP contribution in [0.2, 0.25) is 5.02 Å². The average Bonchev–Trinajstić information content (AvgIpc) is 3.05. The van der Waals surface area contributed by atoms with E-state index >= 15 is 0 Å². The Morgan fingerprint density at radius 1 is 0.852 bits per heavy atom. The van der Waals surface area contributed by atoms with Gasteiger partial charge < -0.3 is 9.30 Å². The number of nitrogens with zero attached hydrogens (tertiary/aromatic N) is 2. The summed E-state index contributed by atoms with van der Waals surface area (Å²) in [7, 11) is 0. The van der Waals surface area contributed by atoms with Crippen molar-refractivity contribution in [1.29, 1.82) is 0 Å². The van der Waals surface area contributed by atoms with Gasteiger partial charge >= 0.3 is 0 Å². The highest BCUT2D eigenvalue weighted by molar-refractivity contribution is 6.30. The van der Waals surface area contributed by atoms with E-state index in [2.05, 4.69) is 34.9 Å². The molecule has 0 saturated carbocycles. The van der Waals surface area contributed by atoms with Crippen molar-refractivity contribution in [3.05, 3.63) is 95.3 Å². The highest BCUT2D eigenvalue weighted by atomic mass is 35.5. The van der Waals surface area contributed by atoms with Crippen molar-refractivity contribution >= 4 is 22.6 Å². The van der Waals surface area contributed by atoms with E-state index in [0.717, 1.165) is 41.5 Å². The molecule has 0 aliphatic carbocycles. The van der Waals surface area contributed by atoms with Gasteiger partial charge in [0.05, 0.1) is 17.6 Å². The summed E-state index contributed by atoms with van der Waals surface area (Å²) < 4.78 is 8.14. The van der Waals surface area contributed by atoms with Crippen LogP contribution in [-0.4, -0.2) is 16.2 Å². The third kappa shape index (κ3) is 4.32. The Hall–Kier alpha value is -2.78. The molecule has 1 aromatic heterocycles. The molecule has 0 aliphatic heterocycles. The molecule has 3 aromatic carbocycles. The number of benzene rings is 3. The van der Waals surface area contributed by atoms with Gasteiger partial charge in [0.25, 0.3) is 0 Å². The number of fused-ring (bicyclic) bond motifs is 1. The van der Waals surface area contributed by atoms with Crippen LogP contribution in [0.1, 0.15) is 17.8 Å². The quantitative estimate of drug-likeness (QED) is 0.384.